The van der Waals surface area contributed by atoms with Crippen LogP contribution in [0.4, 0.5) is 5.69 Å². The van der Waals surface area contributed by atoms with Crippen LogP contribution in [0.5, 0.6) is 0 Å². The lowest BCUT2D eigenvalue weighted by molar-refractivity contribution is -0.387. The normalized spacial score (nSPS) is 20.2. The third kappa shape index (κ3) is 2.72. The van der Waals surface area contributed by atoms with Crippen molar-refractivity contribution in [1.29, 1.82) is 0 Å². The van der Waals surface area contributed by atoms with E-state index in [9.17, 15) is 18.5 Å². The second kappa shape index (κ2) is 5.79. The Kier molecular flexibility index (Phi) is 4.46. The van der Waals surface area contributed by atoms with Crippen molar-refractivity contribution in [3.8, 4) is 0 Å². The largest absolute Gasteiger partial charge is 0.289 e. The Hall–Kier alpha value is -0.990. The van der Waals surface area contributed by atoms with Crippen molar-refractivity contribution in [3.05, 3.63) is 32.8 Å². The Labute approximate surface area is 126 Å². The molecule has 0 amide bonds. The van der Waals surface area contributed by atoms with Crippen LogP contribution >= 0.6 is 15.9 Å². The van der Waals surface area contributed by atoms with Crippen LogP contribution < -0.4 is 0 Å². The lowest BCUT2D eigenvalue weighted by Gasteiger charge is -2.22. The van der Waals surface area contributed by atoms with Gasteiger partial charge in [-0.15, -0.1) is 0 Å². The smallest absolute Gasteiger partial charge is 0.258 e. The van der Waals surface area contributed by atoms with Gasteiger partial charge in [0, 0.05) is 23.1 Å². The highest BCUT2D eigenvalue weighted by Gasteiger charge is 2.38. The van der Waals surface area contributed by atoms with E-state index >= 15 is 0 Å². The van der Waals surface area contributed by atoms with E-state index in [2.05, 4.69) is 15.9 Å². The number of sulfonamides is 1. The second-order valence-electron chi connectivity index (χ2n) is 4.69. The molecule has 1 aliphatic heterocycles. The average Bonchev–Trinajstić information content (AvgIpc) is 2.87. The number of rotatable bonds is 4. The summed E-state index contributed by atoms with van der Waals surface area (Å²) in [4.78, 5) is 10.2. The summed E-state index contributed by atoms with van der Waals surface area (Å²) in [5.41, 5.74) is -0.380. The van der Waals surface area contributed by atoms with E-state index in [1.165, 1.54) is 22.5 Å². The number of hydrogen-bond acceptors (Lipinski definition) is 4. The second-order valence-corrected chi connectivity index (χ2v) is 7.46. The molecule has 8 heteroatoms. The molecule has 0 aromatic heterocycles. The zero-order valence-electron chi connectivity index (χ0n) is 11.0. The number of nitro groups is 1. The van der Waals surface area contributed by atoms with Crippen LogP contribution in [0.15, 0.2) is 27.6 Å². The molecule has 1 aromatic rings. The van der Waals surface area contributed by atoms with Gasteiger partial charge in [-0.1, -0.05) is 22.9 Å². The third-order valence-electron chi connectivity index (χ3n) is 3.50. The first-order valence-electron chi connectivity index (χ1n) is 6.33. The van der Waals surface area contributed by atoms with Gasteiger partial charge in [0.15, 0.2) is 4.90 Å². The first kappa shape index (κ1) is 15.4. The van der Waals surface area contributed by atoms with Crippen LogP contribution in [0.1, 0.15) is 26.2 Å². The molecule has 1 fully saturated rings. The lowest BCUT2D eigenvalue weighted by Crippen LogP contribution is -2.35. The maximum atomic E-state index is 12.7. The van der Waals surface area contributed by atoms with Crippen LogP contribution in [0, 0.1) is 10.1 Å². The molecule has 1 unspecified atom stereocenters. The fraction of sp³-hybridized carbons (Fsp3) is 0.500. The third-order valence-corrected chi connectivity index (χ3v) is 5.97. The molecule has 0 saturated carbocycles. The zero-order valence-corrected chi connectivity index (χ0v) is 13.4. The molecule has 1 aromatic carbocycles. The SMILES string of the molecule is CCC1CCCN1S(=O)(=O)c1cc(Br)ccc1[N+](=O)[O-]. The van der Waals surface area contributed by atoms with Gasteiger partial charge in [-0.2, -0.15) is 4.31 Å². The molecule has 0 aliphatic carbocycles. The highest BCUT2D eigenvalue weighted by Crippen LogP contribution is 2.33. The molecule has 0 bridgehead atoms. The molecule has 0 N–H and O–H groups in total. The van der Waals surface area contributed by atoms with Crippen molar-refractivity contribution in [2.75, 3.05) is 6.54 Å². The fourth-order valence-electron chi connectivity index (χ4n) is 2.51. The Morgan fingerprint density at radius 3 is 2.80 bits per heavy atom. The quantitative estimate of drug-likeness (QED) is 0.609. The summed E-state index contributed by atoms with van der Waals surface area (Å²) in [6.07, 6.45) is 2.30. The summed E-state index contributed by atoms with van der Waals surface area (Å²) in [6, 6.07) is 3.92. The van der Waals surface area contributed by atoms with Crippen molar-refractivity contribution < 1.29 is 13.3 Å². The number of halogens is 1. The fourth-order valence-corrected chi connectivity index (χ4v) is 4.97. The molecule has 6 nitrogen and oxygen atoms in total. The number of benzene rings is 1. The van der Waals surface area contributed by atoms with Crippen LogP contribution in [0.25, 0.3) is 0 Å². The minimum absolute atomic E-state index is 0.0708. The van der Waals surface area contributed by atoms with Gasteiger partial charge in [-0.05, 0) is 31.4 Å². The lowest BCUT2D eigenvalue weighted by atomic mass is 10.2. The minimum Gasteiger partial charge on any atom is -0.258 e. The van der Waals surface area contributed by atoms with E-state index in [4.69, 9.17) is 0 Å². The van der Waals surface area contributed by atoms with Crippen molar-refractivity contribution in [1.82, 2.24) is 4.31 Å². The van der Waals surface area contributed by atoms with Gasteiger partial charge in [0.25, 0.3) is 5.69 Å². The van der Waals surface area contributed by atoms with E-state index < -0.39 is 14.9 Å². The Balaban J connectivity index is 2.54. The van der Waals surface area contributed by atoms with Gasteiger partial charge in [0.05, 0.1) is 4.92 Å². The molecule has 110 valence electrons. The van der Waals surface area contributed by atoms with Crippen LogP contribution in [-0.4, -0.2) is 30.2 Å². The molecular weight excluding hydrogens is 348 g/mol. The molecule has 1 heterocycles. The van der Waals surface area contributed by atoms with E-state index in [1.54, 1.807) is 0 Å². The highest BCUT2D eigenvalue weighted by molar-refractivity contribution is 9.10. The summed E-state index contributed by atoms with van der Waals surface area (Å²) >= 11 is 3.17. The standard InChI is InChI=1S/C12H15BrN2O4S/c1-2-10-4-3-7-14(10)20(18,19)12-8-9(13)5-6-11(12)15(16)17/h5-6,8,10H,2-4,7H2,1H3. The molecule has 1 atom stereocenters. The van der Waals surface area contributed by atoms with Crippen molar-refractivity contribution in [2.24, 2.45) is 0 Å². The molecule has 20 heavy (non-hydrogen) atoms. The van der Waals surface area contributed by atoms with E-state index in [1.807, 2.05) is 6.92 Å². The summed E-state index contributed by atoms with van der Waals surface area (Å²) in [5.74, 6) is 0. The topological polar surface area (TPSA) is 80.5 Å². The van der Waals surface area contributed by atoms with Gasteiger partial charge in [-0.3, -0.25) is 10.1 Å². The van der Waals surface area contributed by atoms with Crippen LogP contribution in [0.2, 0.25) is 0 Å². The Morgan fingerprint density at radius 2 is 2.20 bits per heavy atom. The molecular formula is C12H15BrN2O4S. The number of nitro benzene ring substituents is 1. The van der Waals surface area contributed by atoms with Crippen molar-refractivity contribution in [2.45, 2.75) is 37.1 Å². The predicted molar refractivity (Wildman–Crippen MR) is 78.0 cm³/mol. The summed E-state index contributed by atoms with van der Waals surface area (Å²) in [5, 5.41) is 11.1. The molecule has 1 saturated heterocycles. The molecule has 1 aliphatic rings. The molecule has 0 spiro atoms. The van der Waals surface area contributed by atoms with Gasteiger partial charge >= 0.3 is 0 Å². The molecule has 2 rings (SSSR count). The van der Waals surface area contributed by atoms with Crippen LogP contribution in [-0.2, 0) is 10.0 Å². The van der Waals surface area contributed by atoms with E-state index in [0.717, 1.165) is 12.8 Å². The van der Waals surface area contributed by atoms with Crippen molar-refractivity contribution in [3.63, 3.8) is 0 Å². The van der Waals surface area contributed by atoms with Crippen LogP contribution in [0.3, 0.4) is 0 Å². The highest BCUT2D eigenvalue weighted by atomic mass is 79.9. The number of nitrogens with zero attached hydrogens (tertiary/aromatic N) is 2. The monoisotopic (exact) mass is 362 g/mol. The first-order valence-corrected chi connectivity index (χ1v) is 8.57. The Morgan fingerprint density at radius 1 is 1.50 bits per heavy atom. The summed E-state index contributed by atoms with van der Waals surface area (Å²) < 4.78 is 27.3. The van der Waals surface area contributed by atoms with Crippen molar-refractivity contribution >= 4 is 31.6 Å². The first-order chi connectivity index (χ1) is 9.37. The van der Waals surface area contributed by atoms with Gasteiger partial charge in [0.2, 0.25) is 10.0 Å². The summed E-state index contributed by atoms with van der Waals surface area (Å²) in [7, 11) is -3.84. The molecule has 0 radical (unpaired) electrons. The average molecular weight is 363 g/mol. The predicted octanol–water partition coefficient (Wildman–Crippen LogP) is 2.92. The van der Waals surface area contributed by atoms with E-state index in [0.29, 0.717) is 17.4 Å². The number of hydrogen-bond donors (Lipinski definition) is 0. The Bertz CT molecular complexity index is 632. The van der Waals surface area contributed by atoms with Gasteiger partial charge in [-0.25, -0.2) is 8.42 Å². The zero-order chi connectivity index (χ0) is 14.9. The summed E-state index contributed by atoms with van der Waals surface area (Å²) in [6.45, 7) is 2.35. The minimum atomic E-state index is -3.84. The van der Waals surface area contributed by atoms with Gasteiger partial charge in [0.1, 0.15) is 0 Å². The van der Waals surface area contributed by atoms with Gasteiger partial charge < -0.3 is 0 Å². The maximum absolute atomic E-state index is 12.7. The van der Waals surface area contributed by atoms with E-state index in [-0.39, 0.29) is 16.6 Å². The maximum Gasteiger partial charge on any atom is 0.289 e.